The van der Waals surface area contributed by atoms with Crippen LogP contribution in [0.2, 0.25) is 0 Å². The quantitative estimate of drug-likeness (QED) is 0.300. The average molecular weight is 143 g/mol. The van der Waals surface area contributed by atoms with E-state index in [1.54, 1.807) is 5.32 Å². The predicted octanol–water partition coefficient (Wildman–Crippen LogP) is -0.263. The summed E-state index contributed by atoms with van der Waals surface area (Å²) in [5.41, 5.74) is 0. The summed E-state index contributed by atoms with van der Waals surface area (Å²) in [6.45, 7) is 0. The lowest BCUT2D eigenvalue weighted by Crippen LogP contribution is -2.27. The highest BCUT2D eigenvalue weighted by Crippen LogP contribution is 1.72. The number of oxime groups is 1. The fourth-order valence-corrected chi connectivity index (χ4v) is 0.264. The van der Waals surface area contributed by atoms with Crippen LogP contribution in [0.1, 0.15) is 0 Å². The molecule has 0 heterocycles. The van der Waals surface area contributed by atoms with Gasteiger partial charge in [-0.25, -0.2) is 4.79 Å². The Labute approximate surface area is 56.7 Å². The van der Waals surface area contributed by atoms with E-state index in [1.807, 2.05) is 0 Å². The van der Waals surface area contributed by atoms with Gasteiger partial charge in [-0.2, -0.15) is 5.26 Å². The molecule has 0 unspecified atom stereocenters. The van der Waals surface area contributed by atoms with Crippen molar-refractivity contribution >= 4 is 11.9 Å². The van der Waals surface area contributed by atoms with Gasteiger partial charge in [-0.3, -0.25) is 5.32 Å². The van der Waals surface area contributed by atoms with Gasteiger partial charge in [-0.15, -0.1) is 0 Å². The van der Waals surface area contributed by atoms with Crippen molar-refractivity contribution in [2.24, 2.45) is 5.16 Å². The Bertz CT molecular complexity index is 192. The molecular formula is C4H5N3O3. The molecule has 0 fully saturated rings. The van der Waals surface area contributed by atoms with Crippen LogP contribution in [0.15, 0.2) is 5.16 Å². The Morgan fingerprint density at radius 1 is 1.90 bits per heavy atom. The third kappa shape index (κ3) is 3.26. The van der Waals surface area contributed by atoms with Crippen molar-refractivity contribution in [3.63, 3.8) is 0 Å². The number of hydrogen-bond acceptors (Lipinski definition) is 4. The number of rotatable bonds is 1. The molecule has 0 bridgehead atoms. The van der Waals surface area contributed by atoms with Crippen molar-refractivity contribution in [2.45, 2.75) is 0 Å². The third-order valence-electron chi connectivity index (χ3n) is 0.514. The van der Waals surface area contributed by atoms with E-state index in [0.717, 1.165) is 0 Å². The minimum absolute atomic E-state index is 0.394. The van der Waals surface area contributed by atoms with E-state index in [1.165, 1.54) is 13.2 Å². The Balaban J connectivity index is 3.99. The van der Waals surface area contributed by atoms with Gasteiger partial charge in [-0.05, 0) is 0 Å². The Hall–Kier alpha value is -1.77. The number of carbonyl (C=O) groups is 1. The maximum atomic E-state index is 9.84. The SMILES string of the molecule is CO/N=C(\C#N)NC(=O)O. The van der Waals surface area contributed by atoms with Crippen LogP contribution < -0.4 is 5.32 Å². The first-order valence-corrected chi connectivity index (χ1v) is 2.22. The van der Waals surface area contributed by atoms with Gasteiger partial charge in [0, 0.05) is 0 Å². The molecule has 10 heavy (non-hydrogen) atoms. The highest BCUT2D eigenvalue weighted by atomic mass is 16.6. The predicted molar refractivity (Wildman–Crippen MR) is 31.2 cm³/mol. The lowest BCUT2D eigenvalue weighted by Gasteiger charge is -1.92. The zero-order valence-electron chi connectivity index (χ0n) is 5.16. The summed E-state index contributed by atoms with van der Waals surface area (Å²) in [5.74, 6) is -0.394. The normalized spacial score (nSPS) is 9.80. The molecule has 0 spiro atoms. The smallest absolute Gasteiger partial charge is 0.410 e. The van der Waals surface area contributed by atoms with Crippen LogP contribution in [0.4, 0.5) is 4.79 Å². The van der Waals surface area contributed by atoms with Crippen LogP contribution in [-0.4, -0.2) is 24.1 Å². The molecule has 0 saturated heterocycles. The maximum Gasteiger partial charge on any atom is 0.410 e. The molecule has 6 nitrogen and oxygen atoms in total. The standard InChI is InChI=1S/C4H5N3O3/c1-10-7-3(2-5)6-4(8)9/h1H3,(H,6,7)(H,8,9). The summed E-state index contributed by atoms with van der Waals surface area (Å²) in [5, 5.41) is 20.9. The molecule has 0 aromatic carbocycles. The van der Waals surface area contributed by atoms with Crippen molar-refractivity contribution in [1.29, 1.82) is 5.26 Å². The fourth-order valence-electron chi connectivity index (χ4n) is 0.264. The average Bonchev–Trinajstić information content (AvgIpc) is 1.86. The minimum Gasteiger partial charge on any atom is -0.465 e. The zero-order valence-corrected chi connectivity index (χ0v) is 5.16. The van der Waals surface area contributed by atoms with Crippen LogP contribution in [0.25, 0.3) is 0 Å². The largest absolute Gasteiger partial charge is 0.465 e. The Morgan fingerprint density at radius 2 is 2.50 bits per heavy atom. The second kappa shape index (κ2) is 4.14. The van der Waals surface area contributed by atoms with Crippen LogP contribution in [0, 0.1) is 11.3 Å². The van der Waals surface area contributed by atoms with Crippen LogP contribution in [0.3, 0.4) is 0 Å². The molecular weight excluding hydrogens is 138 g/mol. The summed E-state index contributed by atoms with van der Waals surface area (Å²) in [6.07, 6.45) is -1.35. The van der Waals surface area contributed by atoms with E-state index in [-0.39, 0.29) is 0 Å². The lowest BCUT2D eigenvalue weighted by molar-refractivity contribution is 0.196. The third-order valence-corrected chi connectivity index (χ3v) is 0.514. The number of nitriles is 1. The van der Waals surface area contributed by atoms with E-state index in [9.17, 15) is 4.79 Å². The first-order chi connectivity index (χ1) is 4.70. The molecule has 0 aliphatic carbocycles. The van der Waals surface area contributed by atoms with E-state index < -0.39 is 11.9 Å². The van der Waals surface area contributed by atoms with Gasteiger partial charge in [0.1, 0.15) is 13.2 Å². The van der Waals surface area contributed by atoms with Crippen molar-refractivity contribution in [3.8, 4) is 6.07 Å². The highest BCUT2D eigenvalue weighted by Gasteiger charge is 2.00. The maximum absolute atomic E-state index is 9.84. The molecule has 6 heteroatoms. The zero-order chi connectivity index (χ0) is 7.98. The van der Waals surface area contributed by atoms with Gasteiger partial charge < -0.3 is 9.94 Å². The number of nitrogens with one attached hydrogen (secondary N) is 1. The van der Waals surface area contributed by atoms with Gasteiger partial charge >= 0.3 is 6.09 Å². The van der Waals surface area contributed by atoms with E-state index in [2.05, 4.69) is 9.99 Å². The van der Waals surface area contributed by atoms with E-state index >= 15 is 0 Å². The van der Waals surface area contributed by atoms with Crippen LogP contribution in [0.5, 0.6) is 0 Å². The second-order valence-electron chi connectivity index (χ2n) is 1.16. The monoisotopic (exact) mass is 143 g/mol. The molecule has 54 valence electrons. The summed E-state index contributed by atoms with van der Waals surface area (Å²) < 4.78 is 0. The van der Waals surface area contributed by atoms with Gasteiger partial charge in [0.25, 0.3) is 5.84 Å². The molecule has 0 atom stereocenters. The van der Waals surface area contributed by atoms with Crippen LogP contribution in [-0.2, 0) is 4.84 Å². The number of nitrogens with zero attached hydrogens (tertiary/aromatic N) is 2. The molecule has 0 aliphatic heterocycles. The highest BCUT2D eigenvalue weighted by molar-refractivity contribution is 6.04. The van der Waals surface area contributed by atoms with Gasteiger partial charge in [0.15, 0.2) is 0 Å². The van der Waals surface area contributed by atoms with Gasteiger partial charge in [0.05, 0.1) is 0 Å². The van der Waals surface area contributed by atoms with E-state index in [4.69, 9.17) is 10.4 Å². The number of amides is 1. The summed E-state index contributed by atoms with van der Waals surface area (Å²) in [7, 11) is 1.21. The summed E-state index contributed by atoms with van der Waals surface area (Å²) in [6, 6.07) is 1.47. The van der Waals surface area contributed by atoms with Gasteiger partial charge in [-0.1, -0.05) is 5.16 Å². The molecule has 0 radical (unpaired) electrons. The first kappa shape index (κ1) is 8.23. The molecule has 0 aromatic rings. The fraction of sp³-hybridized carbons (Fsp3) is 0.250. The van der Waals surface area contributed by atoms with E-state index in [0.29, 0.717) is 0 Å². The molecule has 0 aliphatic rings. The van der Waals surface area contributed by atoms with Crippen LogP contribution >= 0.6 is 0 Å². The van der Waals surface area contributed by atoms with Crippen molar-refractivity contribution in [2.75, 3.05) is 7.11 Å². The molecule has 0 aromatic heterocycles. The molecule has 2 N–H and O–H groups in total. The number of amidine groups is 1. The Morgan fingerprint density at radius 3 is 2.80 bits per heavy atom. The van der Waals surface area contributed by atoms with Crippen molar-refractivity contribution in [3.05, 3.63) is 0 Å². The molecule has 0 saturated carbocycles. The van der Waals surface area contributed by atoms with Gasteiger partial charge in [0.2, 0.25) is 0 Å². The summed E-state index contributed by atoms with van der Waals surface area (Å²) in [4.78, 5) is 14.0. The second-order valence-corrected chi connectivity index (χ2v) is 1.16. The molecule has 0 rings (SSSR count). The molecule has 1 amide bonds. The van der Waals surface area contributed by atoms with Crippen molar-refractivity contribution < 1.29 is 14.7 Å². The minimum atomic E-state index is -1.35. The summed E-state index contributed by atoms with van der Waals surface area (Å²) >= 11 is 0. The lowest BCUT2D eigenvalue weighted by atomic mass is 10.6. The first-order valence-electron chi connectivity index (χ1n) is 2.22. The Kier molecular flexibility index (Phi) is 3.41. The topological polar surface area (TPSA) is 94.7 Å². The van der Waals surface area contributed by atoms with Crippen molar-refractivity contribution in [1.82, 2.24) is 5.32 Å². The number of carboxylic acid groups (broad SMARTS) is 1. The number of hydrogen-bond donors (Lipinski definition) is 2.